The molecule has 2 amide bonds. The molecular formula is C25H38N4O6. The third-order valence-electron chi connectivity index (χ3n) is 6.87. The van der Waals surface area contributed by atoms with Crippen molar-refractivity contribution in [2.24, 2.45) is 11.8 Å². The van der Waals surface area contributed by atoms with Crippen LogP contribution in [0, 0.1) is 11.8 Å². The molecule has 0 radical (unpaired) electrons. The van der Waals surface area contributed by atoms with Crippen molar-refractivity contribution < 1.29 is 19.4 Å². The summed E-state index contributed by atoms with van der Waals surface area (Å²) in [5, 5.41) is 15.2. The lowest BCUT2D eigenvalue weighted by atomic mass is 10.0. The maximum atomic E-state index is 12.2. The predicted molar refractivity (Wildman–Crippen MR) is 132 cm³/mol. The van der Waals surface area contributed by atoms with Crippen LogP contribution in [-0.4, -0.2) is 52.3 Å². The van der Waals surface area contributed by atoms with Gasteiger partial charge in [0.25, 0.3) is 5.56 Å². The molecule has 2 fully saturated rings. The van der Waals surface area contributed by atoms with Crippen LogP contribution in [0.25, 0.3) is 6.08 Å². The minimum Gasteiger partial charge on any atom is -0.394 e. The number of carbonyl (C=O) groups is 2. The third-order valence-corrected chi connectivity index (χ3v) is 6.87. The first kappa shape index (κ1) is 26.9. The van der Waals surface area contributed by atoms with Gasteiger partial charge in [0.15, 0.2) is 0 Å². The topological polar surface area (TPSA) is 143 Å². The van der Waals surface area contributed by atoms with Gasteiger partial charge in [0, 0.05) is 31.3 Å². The molecule has 3 atom stereocenters. The molecule has 194 valence electrons. The van der Waals surface area contributed by atoms with Crippen molar-refractivity contribution >= 4 is 17.9 Å². The Kier molecular flexibility index (Phi) is 10.3. The number of aliphatic hydroxyl groups excluding tert-OH is 1. The van der Waals surface area contributed by atoms with E-state index in [0.717, 1.165) is 51.4 Å². The molecule has 3 unspecified atom stereocenters. The lowest BCUT2D eigenvalue weighted by Gasteiger charge is -2.15. The van der Waals surface area contributed by atoms with Gasteiger partial charge in [-0.05, 0) is 44.1 Å². The Hall–Kier alpha value is -2.72. The lowest BCUT2D eigenvalue weighted by molar-refractivity contribution is -0.124. The molecule has 0 spiro atoms. The van der Waals surface area contributed by atoms with Gasteiger partial charge in [-0.3, -0.25) is 23.9 Å². The molecule has 1 aromatic rings. The molecule has 1 saturated heterocycles. The number of aromatic nitrogens is 2. The standard InChI is InChI=1S/C25H38N4O6/c1-17-14-22(35-20(17)16-30)29-15-19(24(33)28-25(29)34)10-11-21(31)26-12-6-2-3-7-13-27-23(32)18-8-4-5-9-18/h10-11,15,17-18,20,22,30H,2-9,12-14,16H2,1H3,(H,26,31)(H,27,32)(H,28,33,34)/b11-10+. The Labute approximate surface area is 205 Å². The molecule has 10 heteroatoms. The summed E-state index contributed by atoms with van der Waals surface area (Å²) in [6.07, 6.45) is 11.6. The van der Waals surface area contributed by atoms with Gasteiger partial charge in [-0.2, -0.15) is 0 Å². The van der Waals surface area contributed by atoms with Crippen molar-refractivity contribution in [3.05, 3.63) is 38.7 Å². The normalized spacial score (nSPS) is 22.6. The molecule has 1 aromatic heterocycles. The molecule has 0 aromatic carbocycles. The first-order chi connectivity index (χ1) is 16.9. The fraction of sp³-hybridized carbons (Fsp3) is 0.680. The number of unbranched alkanes of at least 4 members (excludes halogenated alkanes) is 3. The predicted octanol–water partition coefficient (Wildman–Crippen LogP) is 1.45. The molecular weight excluding hydrogens is 452 g/mol. The Morgan fingerprint density at radius 3 is 2.49 bits per heavy atom. The Morgan fingerprint density at radius 1 is 1.14 bits per heavy atom. The van der Waals surface area contributed by atoms with E-state index in [-0.39, 0.29) is 41.9 Å². The van der Waals surface area contributed by atoms with Crippen LogP contribution >= 0.6 is 0 Å². The highest BCUT2D eigenvalue weighted by Gasteiger charge is 2.33. The zero-order valence-corrected chi connectivity index (χ0v) is 20.5. The lowest BCUT2D eigenvalue weighted by Crippen LogP contribution is -2.33. The van der Waals surface area contributed by atoms with Crippen molar-refractivity contribution in [3.63, 3.8) is 0 Å². The fourth-order valence-electron chi connectivity index (χ4n) is 4.68. The third kappa shape index (κ3) is 7.90. The number of aliphatic hydroxyl groups is 1. The van der Waals surface area contributed by atoms with E-state index in [0.29, 0.717) is 19.5 Å². The summed E-state index contributed by atoms with van der Waals surface area (Å²) >= 11 is 0. The van der Waals surface area contributed by atoms with Gasteiger partial charge >= 0.3 is 5.69 Å². The van der Waals surface area contributed by atoms with Crippen LogP contribution < -0.4 is 21.9 Å². The van der Waals surface area contributed by atoms with Crippen LogP contribution in [0.15, 0.2) is 21.9 Å². The second kappa shape index (κ2) is 13.4. The van der Waals surface area contributed by atoms with E-state index < -0.39 is 17.5 Å². The molecule has 10 nitrogen and oxygen atoms in total. The molecule has 35 heavy (non-hydrogen) atoms. The van der Waals surface area contributed by atoms with E-state index in [1.54, 1.807) is 0 Å². The van der Waals surface area contributed by atoms with Gasteiger partial charge in [-0.15, -0.1) is 0 Å². The maximum absolute atomic E-state index is 12.2. The fourth-order valence-corrected chi connectivity index (χ4v) is 4.68. The van der Waals surface area contributed by atoms with E-state index in [1.807, 2.05) is 6.92 Å². The second-order valence-electron chi connectivity index (χ2n) is 9.59. The minimum absolute atomic E-state index is 0.0734. The number of H-pyrrole nitrogens is 1. The summed E-state index contributed by atoms with van der Waals surface area (Å²) in [6.45, 7) is 3.01. The largest absolute Gasteiger partial charge is 0.394 e. The molecule has 2 heterocycles. The molecule has 3 rings (SSSR count). The van der Waals surface area contributed by atoms with E-state index in [9.17, 15) is 24.3 Å². The smallest absolute Gasteiger partial charge is 0.330 e. The van der Waals surface area contributed by atoms with Gasteiger partial charge in [-0.25, -0.2) is 4.79 Å². The summed E-state index contributed by atoms with van der Waals surface area (Å²) in [4.78, 5) is 50.7. The monoisotopic (exact) mass is 490 g/mol. The number of nitrogens with one attached hydrogen (secondary N) is 3. The zero-order chi connectivity index (χ0) is 25.2. The number of carbonyl (C=O) groups excluding carboxylic acids is 2. The van der Waals surface area contributed by atoms with Crippen molar-refractivity contribution in [2.45, 2.75) is 77.0 Å². The van der Waals surface area contributed by atoms with Gasteiger partial charge in [0.1, 0.15) is 6.23 Å². The summed E-state index contributed by atoms with van der Waals surface area (Å²) in [6, 6.07) is 0. The van der Waals surface area contributed by atoms with Gasteiger partial charge < -0.3 is 20.5 Å². The van der Waals surface area contributed by atoms with Crippen LogP contribution in [0.2, 0.25) is 0 Å². The van der Waals surface area contributed by atoms with Crippen molar-refractivity contribution in [1.29, 1.82) is 0 Å². The van der Waals surface area contributed by atoms with Gasteiger partial charge in [0.05, 0.1) is 18.3 Å². The van der Waals surface area contributed by atoms with Crippen molar-refractivity contribution in [1.82, 2.24) is 20.2 Å². The summed E-state index contributed by atoms with van der Waals surface area (Å²) in [5.41, 5.74) is -1.01. The number of hydrogen-bond acceptors (Lipinski definition) is 6. The highest BCUT2D eigenvalue weighted by atomic mass is 16.5. The van der Waals surface area contributed by atoms with E-state index in [4.69, 9.17) is 4.74 Å². The first-order valence-electron chi connectivity index (χ1n) is 12.7. The van der Waals surface area contributed by atoms with E-state index in [2.05, 4.69) is 15.6 Å². The number of aromatic amines is 1. The van der Waals surface area contributed by atoms with E-state index >= 15 is 0 Å². The quantitative estimate of drug-likeness (QED) is 0.258. The Balaban J connectivity index is 1.36. The Bertz CT molecular complexity index is 994. The highest BCUT2D eigenvalue weighted by molar-refractivity contribution is 5.91. The average Bonchev–Trinajstić information content (AvgIpc) is 3.50. The number of hydrogen-bond donors (Lipinski definition) is 4. The number of rotatable bonds is 12. The van der Waals surface area contributed by atoms with Crippen LogP contribution in [-0.2, 0) is 14.3 Å². The maximum Gasteiger partial charge on any atom is 0.330 e. The summed E-state index contributed by atoms with van der Waals surface area (Å²) < 4.78 is 7.01. The molecule has 1 saturated carbocycles. The van der Waals surface area contributed by atoms with Crippen LogP contribution in [0.5, 0.6) is 0 Å². The molecule has 1 aliphatic heterocycles. The average molecular weight is 491 g/mol. The molecule has 4 N–H and O–H groups in total. The Morgan fingerprint density at radius 2 is 1.83 bits per heavy atom. The summed E-state index contributed by atoms with van der Waals surface area (Å²) in [7, 11) is 0. The van der Waals surface area contributed by atoms with Crippen LogP contribution in [0.1, 0.15) is 76.5 Å². The summed E-state index contributed by atoms with van der Waals surface area (Å²) in [5.74, 6) is 0.146. The molecule has 1 aliphatic carbocycles. The van der Waals surface area contributed by atoms with E-state index in [1.165, 1.54) is 22.9 Å². The zero-order valence-electron chi connectivity index (χ0n) is 20.5. The number of amides is 2. The van der Waals surface area contributed by atoms with Crippen molar-refractivity contribution in [3.8, 4) is 0 Å². The first-order valence-corrected chi connectivity index (χ1v) is 12.7. The van der Waals surface area contributed by atoms with Crippen LogP contribution in [0.4, 0.5) is 0 Å². The molecule has 0 bridgehead atoms. The van der Waals surface area contributed by atoms with Crippen molar-refractivity contribution in [2.75, 3.05) is 19.7 Å². The number of nitrogens with zero attached hydrogens (tertiary/aromatic N) is 1. The van der Waals surface area contributed by atoms with Gasteiger partial charge in [-0.1, -0.05) is 32.6 Å². The minimum atomic E-state index is -0.592. The van der Waals surface area contributed by atoms with Crippen LogP contribution in [0.3, 0.4) is 0 Å². The highest BCUT2D eigenvalue weighted by Crippen LogP contribution is 2.31. The molecule has 2 aliphatic rings. The number of ether oxygens (including phenoxy) is 1. The van der Waals surface area contributed by atoms with Gasteiger partial charge in [0.2, 0.25) is 11.8 Å². The SMILES string of the molecule is CC1CC(n2cc(/C=C/C(=O)NCCCCCCNC(=O)C3CCCC3)c(=O)[nH]c2=O)OC1CO. The second-order valence-corrected chi connectivity index (χ2v) is 9.59.